The smallest absolute Gasteiger partial charge is 0.109 e. The number of nitrogens with two attached hydrogens (primary N) is 1. The molecule has 4 nitrogen and oxygen atoms in total. The summed E-state index contributed by atoms with van der Waals surface area (Å²) >= 11 is 0. The number of hydrogen-bond donors (Lipinski definition) is 3. The van der Waals surface area contributed by atoms with E-state index in [2.05, 4.69) is 41.3 Å². The van der Waals surface area contributed by atoms with Crippen LogP contribution in [0.25, 0.3) is 11.0 Å². The van der Waals surface area contributed by atoms with Crippen molar-refractivity contribution < 1.29 is 0 Å². The lowest BCUT2D eigenvalue weighted by molar-refractivity contribution is 0.799. The number of imidazole rings is 1. The van der Waals surface area contributed by atoms with Crippen LogP contribution in [0.15, 0.2) is 18.2 Å². The Labute approximate surface area is 102 Å². The highest BCUT2D eigenvalue weighted by Gasteiger charge is 2.06. The van der Waals surface area contributed by atoms with Gasteiger partial charge >= 0.3 is 0 Å². The minimum absolute atomic E-state index is 0.427. The first-order valence-electron chi connectivity index (χ1n) is 6.14. The van der Waals surface area contributed by atoms with Crippen LogP contribution in [0.1, 0.15) is 32.0 Å². The number of nitrogens with one attached hydrogen (secondary N) is 2. The van der Waals surface area contributed by atoms with Crippen molar-refractivity contribution in [1.82, 2.24) is 9.97 Å². The number of aromatic nitrogens is 2. The molecule has 2 rings (SSSR count). The van der Waals surface area contributed by atoms with E-state index >= 15 is 0 Å². The molecule has 0 saturated heterocycles. The van der Waals surface area contributed by atoms with Crippen LogP contribution in [-0.4, -0.2) is 23.1 Å². The first-order valence-corrected chi connectivity index (χ1v) is 6.14. The average molecular weight is 232 g/mol. The van der Waals surface area contributed by atoms with Crippen molar-refractivity contribution in [3.8, 4) is 0 Å². The van der Waals surface area contributed by atoms with Crippen LogP contribution in [0.4, 0.5) is 5.69 Å². The van der Waals surface area contributed by atoms with Crippen LogP contribution in [0.2, 0.25) is 0 Å². The SMILES string of the molecule is CC(C)c1nc2ccc(NCCCN)cc2[nH]1. The Balaban J connectivity index is 2.18. The Kier molecular flexibility index (Phi) is 3.64. The van der Waals surface area contributed by atoms with E-state index in [4.69, 9.17) is 5.73 Å². The maximum Gasteiger partial charge on any atom is 0.109 e. The van der Waals surface area contributed by atoms with Crippen LogP contribution < -0.4 is 11.1 Å². The monoisotopic (exact) mass is 232 g/mol. The minimum atomic E-state index is 0.427. The number of anilines is 1. The van der Waals surface area contributed by atoms with Gasteiger partial charge in [-0.15, -0.1) is 0 Å². The lowest BCUT2D eigenvalue weighted by Crippen LogP contribution is -2.08. The summed E-state index contributed by atoms with van der Waals surface area (Å²) in [4.78, 5) is 7.90. The molecule has 1 aromatic carbocycles. The molecular formula is C13H20N4. The van der Waals surface area contributed by atoms with Gasteiger partial charge in [-0.2, -0.15) is 0 Å². The number of aromatic amines is 1. The van der Waals surface area contributed by atoms with Crippen molar-refractivity contribution in [3.63, 3.8) is 0 Å². The van der Waals surface area contributed by atoms with E-state index in [-0.39, 0.29) is 0 Å². The third kappa shape index (κ3) is 2.77. The highest BCUT2D eigenvalue weighted by atomic mass is 14.9. The summed E-state index contributed by atoms with van der Waals surface area (Å²) in [6.07, 6.45) is 0.984. The maximum atomic E-state index is 5.46. The topological polar surface area (TPSA) is 66.7 Å². The second kappa shape index (κ2) is 5.19. The Bertz CT molecular complexity index is 487. The van der Waals surface area contributed by atoms with Crippen molar-refractivity contribution in [2.24, 2.45) is 5.73 Å². The van der Waals surface area contributed by atoms with Crippen LogP contribution in [0.5, 0.6) is 0 Å². The van der Waals surface area contributed by atoms with E-state index in [0.717, 1.165) is 42.1 Å². The summed E-state index contributed by atoms with van der Waals surface area (Å²) in [7, 11) is 0. The molecule has 1 aromatic heterocycles. The molecule has 0 bridgehead atoms. The van der Waals surface area contributed by atoms with Crippen LogP contribution in [0, 0.1) is 0 Å². The molecular weight excluding hydrogens is 212 g/mol. The van der Waals surface area contributed by atoms with Crippen molar-refractivity contribution in [1.29, 1.82) is 0 Å². The third-order valence-electron chi connectivity index (χ3n) is 2.76. The van der Waals surface area contributed by atoms with Gasteiger partial charge in [0, 0.05) is 18.2 Å². The van der Waals surface area contributed by atoms with E-state index < -0.39 is 0 Å². The number of H-pyrrole nitrogens is 1. The van der Waals surface area contributed by atoms with Crippen LogP contribution in [0.3, 0.4) is 0 Å². The van der Waals surface area contributed by atoms with Gasteiger partial charge < -0.3 is 16.0 Å². The number of rotatable bonds is 5. The Hall–Kier alpha value is -1.55. The fourth-order valence-corrected chi connectivity index (χ4v) is 1.75. The van der Waals surface area contributed by atoms with Crippen molar-refractivity contribution in [2.45, 2.75) is 26.2 Å². The summed E-state index contributed by atoms with van der Waals surface area (Å²) in [5.41, 5.74) is 8.69. The van der Waals surface area contributed by atoms with E-state index in [1.807, 2.05) is 6.07 Å². The maximum absolute atomic E-state index is 5.46. The second-order valence-corrected chi connectivity index (χ2v) is 4.58. The van der Waals surface area contributed by atoms with Crippen molar-refractivity contribution >= 4 is 16.7 Å². The van der Waals surface area contributed by atoms with E-state index in [0.29, 0.717) is 5.92 Å². The molecule has 0 atom stereocenters. The quantitative estimate of drug-likeness (QED) is 0.694. The number of hydrogen-bond acceptors (Lipinski definition) is 3. The molecule has 0 saturated carbocycles. The molecule has 0 aliphatic heterocycles. The minimum Gasteiger partial charge on any atom is -0.385 e. The van der Waals surface area contributed by atoms with E-state index in [1.165, 1.54) is 0 Å². The van der Waals surface area contributed by atoms with Gasteiger partial charge in [-0.05, 0) is 31.2 Å². The first-order chi connectivity index (χ1) is 8.20. The first kappa shape index (κ1) is 11.9. The van der Waals surface area contributed by atoms with Gasteiger partial charge in [-0.3, -0.25) is 0 Å². The van der Waals surface area contributed by atoms with Crippen LogP contribution in [-0.2, 0) is 0 Å². The van der Waals surface area contributed by atoms with Gasteiger partial charge in [-0.1, -0.05) is 13.8 Å². The molecule has 1 heterocycles. The molecule has 4 heteroatoms. The number of fused-ring (bicyclic) bond motifs is 1. The van der Waals surface area contributed by atoms with Gasteiger partial charge in [0.25, 0.3) is 0 Å². The molecule has 0 unspecified atom stereocenters. The number of benzene rings is 1. The summed E-state index contributed by atoms with van der Waals surface area (Å²) in [6, 6.07) is 6.21. The molecule has 0 spiro atoms. The summed E-state index contributed by atoms with van der Waals surface area (Å²) in [5, 5.41) is 3.35. The zero-order valence-corrected chi connectivity index (χ0v) is 10.5. The Morgan fingerprint density at radius 3 is 2.94 bits per heavy atom. The van der Waals surface area contributed by atoms with Gasteiger partial charge in [0.2, 0.25) is 0 Å². The molecule has 0 fully saturated rings. The summed E-state index contributed by atoms with van der Waals surface area (Å²) in [5.74, 6) is 1.47. The molecule has 0 aliphatic rings. The number of nitrogens with zero attached hydrogens (tertiary/aromatic N) is 1. The molecule has 4 N–H and O–H groups in total. The lowest BCUT2D eigenvalue weighted by atomic mass is 10.2. The third-order valence-corrected chi connectivity index (χ3v) is 2.76. The summed E-state index contributed by atoms with van der Waals surface area (Å²) < 4.78 is 0. The molecule has 17 heavy (non-hydrogen) atoms. The standard InChI is InChI=1S/C13H20N4/c1-9(2)13-16-11-5-4-10(8-12(11)17-13)15-7-3-6-14/h4-5,8-9,15H,3,6-7,14H2,1-2H3,(H,16,17). The van der Waals surface area contributed by atoms with Crippen molar-refractivity contribution in [3.05, 3.63) is 24.0 Å². The second-order valence-electron chi connectivity index (χ2n) is 4.58. The highest BCUT2D eigenvalue weighted by Crippen LogP contribution is 2.20. The zero-order chi connectivity index (χ0) is 12.3. The largest absolute Gasteiger partial charge is 0.385 e. The molecule has 0 radical (unpaired) electrons. The highest BCUT2D eigenvalue weighted by molar-refractivity contribution is 5.79. The predicted molar refractivity (Wildman–Crippen MR) is 72.3 cm³/mol. The van der Waals surface area contributed by atoms with E-state index in [1.54, 1.807) is 0 Å². The van der Waals surface area contributed by atoms with Gasteiger partial charge in [-0.25, -0.2) is 4.98 Å². The van der Waals surface area contributed by atoms with Gasteiger partial charge in [0.05, 0.1) is 11.0 Å². The predicted octanol–water partition coefficient (Wildman–Crippen LogP) is 2.45. The average Bonchev–Trinajstić information content (AvgIpc) is 2.72. The summed E-state index contributed by atoms with van der Waals surface area (Å²) in [6.45, 7) is 5.90. The Morgan fingerprint density at radius 1 is 1.41 bits per heavy atom. The van der Waals surface area contributed by atoms with E-state index in [9.17, 15) is 0 Å². The fourth-order valence-electron chi connectivity index (χ4n) is 1.75. The molecule has 0 amide bonds. The Morgan fingerprint density at radius 2 is 2.24 bits per heavy atom. The normalized spacial score (nSPS) is 11.3. The molecule has 92 valence electrons. The molecule has 0 aliphatic carbocycles. The fraction of sp³-hybridized carbons (Fsp3) is 0.462. The zero-order valence-electron chi connectivity index (χ0n) is 10.5. The van der Waals surface area contributed by atoms with Gasteiger partial charge in [0.15, 0.2) is 0 Å². The molecule has 2 aromatic rings. The lowest BCUT2D eigenvalue weighted by Gasteiger charge is -2.04. The van der Waals surface area contributed by atoms with Gasteiger partial charge in [0.1, 0.15) is 5.82 Å². The van der Waals surface area contributed by atoms with Crippen molar-refractivity contribution in [2.75, 3.05) is 18.4 Å². The van der Waals surface area contributed by atoms with Crippen LogP contribution >= 0.6 is 0 Å².